The average molecular weight is 527 g/mol. The van der Waals surface area contributed by atoms with Gasteiger partial charge < -0.3 is 10.1 Å². The molecule has 2 aromatic carbocycles. The monoisotopic (exact) mass is 527 g/mol. The van der Waals surface area contributed by atoms with Crippen molar-refractivity contribution in [3.63, 3.8) is 0 Å². The van der Waals surface area contributed by atoms with Crippen LogP contribution in [-0.4, -0.2) is 13.3 Å². The van der Waals surface area contributed by atoms with Crippen molar-refractivity contribution >= 4 is 24.1 Å². The number of methoxy groups -OCH3 is 1. The Morgan fingerprint density at radius 3 is 2.35 bits per heavy atom. The fraction of sp³-hybridized carbons (Fsp3) is 0.333. The summed E-state index contributed by atoms with van der Waals surface area (Å²) in [4.78, 5) is 0. The maximum atomic E-state index is 5.26. The zero-order valence-corrected chi connectivity index (χ0v) is 17.4. The summed E-state index contributed by atoms with van der Waals surface area (Å²) in [5.74, 6) is 0. The van der Waals surface area contributed by atoms with Crippen LogP contribution in [0.15, 0.2) is 54.6 Å². The van der Waals surface area contributed by atoms with Gasteiger partial charge in [-0.2, -0.15) is 35.9 Å². The van der Waals surface area contributed by atoms with Crippen molar-refractivity contribution in [2.75, 3.05) is 7.11 Å². The molecule has 0 spiro atoms. The number of nitrogens with zero attached hydrogens (tertiary/aromatic N) is 1. The Kier molecular flexibility index (Phi) is 11.8. The molecule has 0 amide bonds. The first kappa shape index (κ1) is 20.8. The van der Waals surface area contributed by atoms with Gasteiger partial charge in [-0.25, -0.2) is 0 Å². The molecule has 2 aromatic rings. The molecule has 126 valence electrons. The van der Waals surface area contributed by atoms with Gasteiger partial charge in [-0.3, -0.25) is 0 Å². The van der Waals surface area contributed by atoms with Crippen LogP contribution in [0.4, 0.5) is 0 Å². The van der Waals surface area contributed by atoms with Gasteiger partial charge in [-0.1, -0.05) is 43.2 Å². The quantitative estimate of drug-likeness (QED) is 0.402. The molecule has 23 heavy (non-hydrogen) atoms. The van der Waals surface area contributed by atoms with Crippen LogP contribution in [0.1, 0.15) is 30.9 Å². The van der Waals surface area contributed by atoms with Gasteiger partial charge in [0.05, 0.1) is 0 Å². The third-order valence-electron chi connectivity index (χ3n) is 3.44. The summed E-state index contributed by atoms with van der Waals surface area (Å²) < 4.78 is 5.26. The summed E-state index contributed by atoms with van der Waals surface area (Å²) >= 11 is 1.47. The summed E-state index contributed by atoms with van der Waals surface area (Å²) in [6.45, 7) is 0. The Morgan fingerprint density at radius 2 is 1.83 bits per heavy atom. The van der Waals surface area contributed by atoms with Crippen molar-refractivity contribution in [3.8, 4) is 0 Å². The molecule has 1 saturated heterocycles. The van der Waals surface area contributed by atoms with Crippen LogP contribution in [0.2, 0.25) is 0 Å². The molecular weight excluding hydrogens is 505 g/mol. The molecule has 3 unspecified atom stereocenters. The van der Waals surface area contributed by atoms with Gasteiger partial charge in [0.1, 0.15) is 0 Å². The standard InChI is InChI=1S/C12H15NO.C6H7P.ClH.Ir/c1-14-12-9-5-8-11(13-12)10-6-3-2-4-7-10;7-6-4-2-1-3-5-6;;/h2-4,6,11-12H,5,8-9H2,1H3;1-5H,7H2;1H;/q-2;;;+3/p-1. The Bertz CT molecular complexity index is 515. The molecule has 0 aromatic heterocycles. The first-order valence-electron chi connectivity index (χ1n) is 7.42. The summed E-state index contributed by atoms with van der Waals surface area (Å²) in [5.41, 5.74) is 1.19. The Hall–Kier alpha value is -0.271. The molecule has 0 radical (unpaired) electrons. The van der Waals surface area contributed by atoms with E-state index in [0.717, 1.165) is 12.8 Å². The van der Waals surface area contributed by atoms with Crippen LogP contribution < -0.4 is 5.30 Å². The maximum absolute atomic E-state index is 5.26. The van der Waals surface area contributed by atoms with E-state index < -0.39 is 0 Å². The predicted octanol–water partition coefficient (Wildman–Crippen LogP) is 4.93. The number of halogens is 1. The molecule has 0 aliphatic carbocycles. The third-order valence-corrected chi connectivity index (χ3v) is 3.82. The fourth-order valence-corrected chi connectivity index (χ4v) is 2.54. The molecule has 1 aliphatic heterocycles. The first-order valence-corrected chi connectivity index (χ1v) is 11.0. The van der Waals surface area contributed by atoms with E-state index in [1.807, 2.05) is 48.5 Å². The van der Waals surface area contributed by atoms with E-state index >= 15 is 0 Å². The Morgan fingerprint density at radius 1 is 1.13 bits per heavy atom. The van der Waals surface area contributed by atoms with Crippen molar-refractivity contribution in [3.05, 3.63) is 71.5 Å². The van der Waals surface area contributed by atoms with Crippen molar-refractivity contribution < 1.29 is 22.6 Å². The molecule has 3 atom stereocenters. The zero-order valence-electron chi connectivity index (χ0n) is 13.1. The summed E-state index contributed by atoms with van der Waals surface area (Å²) in [6, 6.07) is 21.7. The number of hydrogen-bond acceptors (Lipinski definition) is 1. The molecule has 5 heteroatoms. The average Bonchev–Trinajstić information content (AvgIpc) is 2.65. The number of ether oxygens (including phenoxy) is 1. The van der Waals surface area contributed by atoms with Gasteiger partial charge in [-0.15, -0.1) is 15.3 Å². The van der Waals surface area contributed by atoms with Crippen molar-refractivity contribution in [2.24, 2.45) is 0 Å². The van der Waals surface area contributed by atoms with Crippen molar-refractivity contribution in [2.45, 2.75) is 31.5 Å². The fourth-order valence-electron chi connectivity index (χ4n) is 2.32. The van der Waals surface area contributed by atoms with Crippen LogP contribution in [-0.2, 0) is 22.6 Å². The minimum atomic E-state index is 0.0855. The Balaban J connectivity index is 0.000000247. The number of piperidine rings is 1. The summed E-state index contributed by atoms with van der Waals surface area (Å²) in [7, 11) is 9.00. The van der Waals surface area contributed by atoms with E-state index in [1.54, 1.807) is 7.11 Å². The second-order valence-corrected chi connectivity index (χ2v) is 5.68. The summed E-state index contributed by atoms with van der Waals surface area (Å²) in [6.07, 6.45) is 3.46. The van der Waals surface area contributed by atoms with Crippen LogP contribution in [0.25, 0.3) is 5.32 Å². The van der Waals surface area contributed by atoms with Crippen LogP contribution in [0, 0.1) is 6.07 Å². The molecule has 0 saturated carbocycles. The van der Waals surface area contributed by atoms with Crippen molar-refractivity contribution in [1.82, 2.24) is 0 Å². The molecule has 1 aliphatic rings. The third kappa shape index (κ3) is 8.40. The van der Waals surface area contributed by atoms with Gasteiger partial charge in [0.15, 0.2) is 0 Å². The molecule has 2 nitrogen and oxygen atoms in total. The van der Waals surface area contributed by atoms with Crippen molar-refractivity contribution in [1.29, 1.82) is 0 Å². The van der Waals surface area contributed by atoms with E-state index in [1.165, 1.54) is 35.2 Å². The van der Waals surface area contributed by atoms with E-state index in [-0.39, 0.29) is 12.3 Å². The second-order valence-electron chi connectivity index (χ2n) is 5.01. The second kappa shape index (κ2) is 13.1. The number of benzene rings is 2. The van der Waals surface area contributed by atoms with Crippen LogP contribution in [0.3, 0.4) is 0 Å². The number of hydrogen-bond donors (Lipinski definition) is 0. The van der Waals surface area contributed by atoms with Gasteiger partial charge in [0.25, 0.3) is 0 Å². The van der Waals surface area contributed by atoms with E-state index in [9.17, 15) is 0 Å². The molecular formula is C18H22ClIrNOP. The van der Waals surface area contributed by atoms with Crippen LogP contribution >= 0.6 is 18.8 Å². The van der Waals surface area contributed by atoms with Gasteiger partial charge in [0.2, 0.25) is 0 Å². The SMILES string of the molecule is COC1CCCC(c2[c-]cccc2)[N-]1.Pc1ccccc1.[Cl][Ir+2]. The topological polar surface area (TPSA) is 23.3 Å². The minimum absolute atomic E-state index is 0.0855. The van der Waals surface area contributed by atoms with Gasteiger partial charge >= 0.3 is 27.5 Å². The normalized spacial score (nSPS) is 19.7. The molecule has 0 N–H and O–H groups in total. The Labute approximate surface area is 156 Å². The van der Waals surface area contributed by atoms with Crippen LogP contribution in [0.5, 0.6) is 0 Å². The molecule has 1 fully saturated rings. The molecule has 1 heterocycles. The number of rotatable bonds is 2. The molecule has 3 rings (SSSR count). The van der Waals surface area contributed by atoms with E-state index in [2.05, 4.69) is 36.3 Å². The first-order chi connectivity index (χ1) is 11.3. The zero-order chi connectivity index (χ0) is 16.9. The van der Waals surface area contributed by atoms with E-state index in [4.69, 9.17) is 4.74 Å². The molecule has 0 bridgehead atoms. The van der Waals surface area contributed by atoms with E-state index in [0.29, 0.717) is 0 Å². The van der Waals surface area contributed by atoms with Gasteiger partial charge in [0, 0.05) is 7.11 Å². The predicted molar refractivity (Wildman–Crippen MR) is 97.7 cm³/mol. The summed E-state index contributed by atoms with van der Waals surface area (Å²) in [5, 5.41) is 5.86. The van der Waals surface area contributed by atoms with Gasteiger partial charge in [-0.05, 0) is 18.0 Å².